The highest BCUT2D eigenvalue weighted by Crippen LogP contribution is 2.27. The molecule has 0 unspecified atom stereocenters. The van der Waals surface area contributed by atoms with E-state index in [0.29, 0.717) is 11.3 Å². The molecule has 0 aliphatic carbocycles. The van der Waals surface area contributed by atoms with Gasteiger partial charge in [-0.25, -0.2) is 4.79 Å². The molecule has 0 aliphatic heterocycles. The number of carboxylic acids is 1. The van der Waals surface area contributed by atoms with E-state index in [9.17, 15) is 9.90 Å². The van der Waals surface area contributed by atoms with Crippen molar-refractivity contribution in [1.29, 1.82) is 0 Å². The van der Waals surface area contributed by atoms with Crippen molar-refractivity contribution < 1.29 is 9.90 Å². The molecule has 0 saturated heterocycles. The van der Waals surface area contributed by atoms with Crippen LogP contribution in [0.3, 0.4) is 0 Å². The molecule has 0 aliphatic rings. The van der Waals surface area contributed by atoms with Crippen LogP contribution in [0.1, 0.15) is 41.4 Å². The summed E-state index contributed by atoms with van der Waals surface area (Å²) in [5.74, 6) is -0.797. The molecule has 0 radical (unpaired) electrons. The third kappa shape index (κ3) is 1.88. The van der Waals surface area contributed by atoms with Gasteiger partial charge in [-0.05, 0) is 24.5 Å². The predicted octanol–water partition coefficient (Wildman–Crippen LogP) is 3.36. The minimum absolute atomic E-state index is 0.101. The van der Waals surface area contributed by atoms with E-state index in [4.69, 9.17) is 0 Å². The van der Waals surface area contributed by atoms with Gasteiger partial charge in [0.05, 0.1) is 16.8 Å². The number of hydrogen-bond donors (Lipinski definition) is 1. The molecule has 2 rings (SSSR count). The molecule has 0 bridgehead atoms. The number of aromatic carboxylic acids is 1. The fourth-order valence-electron chi connectivity index (χ4n) is 2.09. The second kappa shape index (κ2) is 4.17. The van der Waals surface area contributed by atoms with Crippen molar-refractivity contribution in [2.45, 2.75) is 26.7 Å². The number of hydrogen-bond acceptors (Lipinski definition) is 2. The van der Waals surface area contributed by atoms with E-state index >= 15 is 0 Å². The molecule has 88 valence electrons. The Balaban J connectivity index is 2.89. The standard InChI is InChI=1S/C14H15NO2/c1-8(2)13-12(14(16)17)9(3)10-6-4-5-7-11(10)15-13/h4-8H,1-3H3,(H,16,17). The van der Waals surface area contributed by atoms with E-state index in [1.807, 2.05) is 45.0 Å². The number of carboxylic acid groups (broad SMARTS) is 1. The fraction of sp³-hybridized carbons (Fsp3) is 0.286. The summed E-state index contributed by atoms with van der Waals surface area (Å²) in [6, 6.07) is 7.64. The Morgan fingerprint density at radius 3 is 2.53 bits per heavy atom. The summed E-state index contributed by atoms with van der Waals surface area (Å²) < 4.78 is 0. The number of benzene rings is 1. The van der Waals surface area contributed by atoms with Crippen LogP contribution in [0.2, 0.25) is 0 Å². The van der Waals surface area contributed by atoms with Crippen molar-refractivity contribution in [3.05, 3.63) is 41.1 Å². The fourth-order valence-corrected chi connectivity index (χ4v) is 2.09. The van der Waals surface area contributed by atoms with Gasteiger partial charge >= 0.3 is 5.97 Å². The van der Waals surface area contributed by atoms with Gasteiger partial charge in [0.15, 0.2) is 0 Å². The summed E-state index contributed by atoms with van der Waals surface area (Å²) in [6.07, 6.45) is 0. The van der Waals surface area contributed by atoms with Gasteiger partial charge in [0.25, 0.3) is 0 Å². The Hall–Kier alpha value is -1.90. The van der Waals surface area contributed by atoms with Gasteiger partial charge in [-0.3, -0.25) is 4.98 Å². The largest absolute Gasteiger partial charge is 0.478 e. The zero-order valence-electron chi connectivity index (χ0n) is 10.2. The summed E-state index contributed by atoms with van der Waals surface area (Å²) in [6.45, 7) is 5.77. The van der Waals surface area contributed by atoms with E-state index in [2.05, 4.69) is 4.98 Å². The second-order valence-corrected chi connectivity index (χ2v) is 4.47. The van der Waals surface area contributed by atoms with Crippen molar-refractivity contribution in [2.24, 2.45) is 0 Å². The average molecular weight is 229 g/mol. The maximum Gasteiger partial charge on any atom is 0.337 e. The molecule has 0 saturated carbocycles. The maximum absolute atomic E-state index is 11.4. The van der Waals surface area contributed by atoms with Gasteiger partial charge in [0, 0.05) is 5.39 Å². The summed E-state index contributed by atoms with van der Waals surface area (Å²) in [5.41, 5.74) is 2.66. The van der Waals surface area contributed by atoms with Crippen LogP contribution in [-0.4, -0.2) is 16.1 Å². The first-order chi connectivity index (χ1) is 8.02. The molecule has 1 heterocycles. The third-order valence-corrected chi connectivity index (χ3v) is 2.94. The molecule has 0 spiro atoms. The molecular weight excluding hydrogens is 214 g/mol. The Morgan fingerprint density at radius 2 is 1.94 bits per heavy atom. The predicted molar refractivity (Wildman–Crippen MR) is 67.5 cm³/mol. The highest BCUT2D eigenvalue weighted by molar-refractivity contribution is 5.97. The first-order valence-corrected chi connectivity index (χ1v) is 5.65. The lowest BCUT2D eigenvalue weighted by Crippen LogP contribution is -2.09. The number of fused-ring (bicyclic) bond motifs is 1. The minimum atomic E-state index is -0.899. The van der Waals surface area contributed by atoms with Gasteiger partial charge in [-0.15, -0.1) is 0 Å². The highest BCUT2D eigenvalue weighted by Gasteiger charge is 2.19. The SMILES string of the molecule is Cc1c(C(=O)O)c(C(C)C)nc2ccccc12. The van der Waals surface area contributed by atoms with E-state index in [0.717, 1.165) is 16.5 Å². The number of pyridine rings is 1. The molecule has 3 nitrogen and oxygen atoms in total. The number of carbonyl (C=O) groups is 1. The Morgan fingerprint density at radius 1 is 1.29 bits per heavy atom. The average Bonchev–Trinajstić information content (AvgIpc) is 2.28. The van der Waals surface area contributed by atoms with E-state index in [1.165, 1.54) is 0 Å². The molecule has 0 fully saturated rings. The molecule has 1 aromatic carbocycles. The topological polar surface area (TPSA) is 50.2 Å². The highest BCUT2D eigenvalue weighted by atomic mass is 16.4. The molecule has 3 heteroatoms. The van der Waals surface area contributed by atoms with Gasteiger partial charge in [-0.2, -0.15) is 0 Å². The summed E-state index contributed by atoms with van der Waals surface area (Å²) in [4.78, 5) is 15.8. The summed E-state index contributed by atoms with van der Waals surface area (Å²) >= 11 is 0. The van der Waals surface area contributed by atoms with Crippen LogP contribution in [0.4, 0.5) is 0 Å². The van der Waals surface area contributed by atoms with Crippen LogP contribution in [0.5, 0.6) is 0 Å². The van der Waals surface area contributed by atoms with E-state index in [-0.39, 0.29) is 5.92 Å². The zero-order chi connectivity index (χ0) is 12.6. The van der Waals surface area contributed by atoms with Crippen LogP contribution in [0.15, 0.2) is 24.3 Å². The number of aryl methyl sites for hydroxylation is 1. The number of para-hydroxylation sites is 1. The number of rotatable bonds is 2. The molecular formula is C14H15NO2. The van der Waals surface area contributed by atoms with Crippen LogP contribution in [-0.2, 0) is 0 Å². The van der Waals surface area contributed by atoms with Crippen LogP contribution in [0.25, 0.3) is 10.9 Å². The van der Waals surface area contributed by atoms with Gasteiger partial charge < -0.3 is 5.11 Å². The lowest BCUT2D eigenvalue weighted by molar-refractivity contribution is 0.0694. The lowest BCUT2D eigenvalue weighted by Gasteiger charge is -2.13. The normalized spacial score (nSPS) is 11.1. The molecule has 1 N–H and O–H groups in total. The van der Waals surface area contributed by atoms with E-state index < -0.39 is 5.97 Å². The van der Waals surface area contributed by atoms with Gasteiger partial charge in [0.2, 0.25) is 0 Å². The van der Waals surface area contributed by atoms with Crippen molar-refractivity contribution in [3.63, 3.8) is 0 Å². The van der Waals surface area contributed by atoms with Gasteiger partial charge in [0.1, 0.15) is 0 Å². The molecule has 2 aromatic rings. The molecule has 0 atom stereocenters. The smallest absolute Gasteiger partial charge is 0.337 e. The summed E-state index contributed by atoms with van der Waals surface area (Å²) in [7, 11) is 0. The van der Waals surface area contributed by atoms with Crippen molar-refractivity contribution in [2.75, 3.05) is 0 Å². The Labute approximate surface area is 100 Å². The first kappa shape index (κ1) is 11.6. The molecule has 17 heavy (non-hydrogen) atoms. The Bertz CT molecular complexity index is 588. The van der Waals surface area contributed by atoms with Crippen LogP contribution in [0, 0.1) is 6.92 Å². The molecule has 0 amide bonds. The third-order valence-electron chi connectivity index (χ3n) is 2.94. The minimum Gasteiger partial charge on any atom is -0.478 e. The van der Waals surface area contributed by atoms with Crippen LogP contribution >= 0.6 is 0 Å². The van der Waals surface area contributed by atoms with Crippen molar-refractivity contribution in [3.8, 4) is 0 Å². The zero-order valence-corrected chi connectivity index (χ0v) is 10.2. The maximum atomic E-state index is 11.4. The Kier molecular flexibility index (Phi) is 2.84. The first-order valence-electron chi connectivity index (χ1n) is 5.65. The summed E-state index contributed by atoms with van der Waals surface area (Å²) in [5, 5.41) is 10.2. The van der Waals surface area contributed by atoms with Crippen molar-refractivity contribution >= 4 is 16.9 Å². The monoisotopic (exact) mass is 229 g/mol. The molecule has 1 aromatic heterocycles. The number of nitrogens with zero attached hydrogens (tertiary/aromatic N) is 1. The van der Waals surface area contributed by atoms with Crippen molar-refractivity contribution in [1.82, 2.24) is 4.98 Å². The number of aromatic nitrogens is 1. The lowest BCUT2D eigenvalue weighted by atomic mass is 9.96. The van der Waals surface area contributed by atoms with E-state index in [1.54, 1.807) is 0 Å². The van der Waals surface area contributed by atoms with Crippen LogP contribution < -0.4 is 0 Å². The quantitative estimate of drug-likeness (QED) is 0.859. The second-order valence-electron chi connectivity index (χ2n) is 4.47. The van der Waals surface area contributed by atoms with Gasteiger partial charge in [-0.1, -0.05) is 32.0 Å².